The van der Waals surface area contributed by atoms with Gasteiger partial charge < -0.3 is 10.4 Å². The van der Waals surface area contributed by atoms with Gasteiger partial charge in [0.05, 0.1) is 5.56 Å². The summed E-state index contributed by atoms with van der Waals surface area (Å²) in [6.45, 7) is 2.30. The number of hydrogen-bond donors (Lipinski definition) is 2. The van der Waals surface area contributed by atoms with Crippen molar-refractivity contribution in [3.8, 4) is 16.9 Å². The molecule has 5 aromatic rings. The van der Waals surface area contributed by atoms with E-state index in [1.807, 2.05) is 49.4 Å². The lowest BCUT2D eigenvalue weighted by atomic mass is 9.87. The van der Waals surface area contributed by atoms with Crippen LogP contribution in [0.1, 0.15) is 45.0 Å². The molecule has 4 nitrogen and oxygen atoms in total. The van der Waals surface area contributed by atoms with E-state index in [0.717, 1.165) is 45.3 Å². The lowest BCUT2D eigenvalue weighted by Crippen LogP contribution is -2.26. The summed E-state index contributed by atoms with van der Waals surface area (Å²) in [6, 6.07) is 27.4. The standard InChI is InChI=1S/C33H27F3N2O2/c1-21-7-9-22(10-8-21)29(23-11-13-28(14-12-23)33(34,35)36)15-17-38-32(40)26-5-2-4-24(18-26)27-19-25-6-3-16-37-31(25)30(39)20-27/h2-14,16,18-20,29,39H,15,17H2,1H3,(H,38,40). The molecule has 0 spiro atoms. The van der Waals surface area contributed by atoms with Gasteiger partial charge in [-0.2, -0.15) is 13.2 Å². The van der Waals surface area contributed by atoms with Gasteiger partial charge in [-0.25, -0.2) is 0 Å². The molecule has 1 atom stereocenters. The molecule has 1 aromatic heterocycles. The molecule has 0 fully saturated rings. The molecule has 0 aliphatic rings. The minimum Gasteiger partial charge on any atom is -0.506 e. The molecule has 1 heterocycles. The number of phenolic OH excluding ortho intramolecular Hbond substituents is 1. The lowest BCUT2D eigenvalue weighted by Gasteiger charge is -2.20. The fourth-order valence-corrected chi connectivity index (χ4v) is 4.84. The van der Waals surface area contributed by atoms with Crippen LogP contribution in [-0.4, -0.2) is 22.5 Å². The molecule has 0 bridgehead atoms. The number of carbonyl (C=O) groups excluding carboxylic acids is 1. The zero-order valence-corrected chi connectivity index (χ0v) is 21.7. The van der Waals surface area contributed by atoms with Gasteiger partial charge in [-0.1, -0.05) is 60.2 Å². The topological polar surface area (TPSA) is 62.2 Å². The van der Waals surface area contributed by atoms with E-state index >= 15 is 0 Å². The number of nitrogens with zero attached hydrogens (tertiary/aromatic N) is 1. The van der Waals surface area contributed by atoms with Crippen LogP contribution in [-0.2, 0) is 6.18 Å². The van der Waals surface area contributed by atoms with Gasteiger partial charge in [0, 0.05) is 29.6 Å². The van der Waals surface area contributed by atoms with Crippen LogP contribution in [0.15, 0.2) is 103 Å². The van der Waals surface area contributed by atoms with Gasteiger partial charge in [-0.3, -0.25) is 9.78 Å². The molecule has 1 unspecified atom stereocenters. The zero-order valence-electron chi connectivity index (χ0n) is 21.7. The Hall–Kier alpha value is -4.65. The van der Waals surface area contributed by atoms with Crippen molar-refractivity contribution in [3.05, 3.63) is 131 Å². The third-order valence-corrected chi connectivity index (χ3v) is 6.98. The predicted octanol–water partition coefficient (Wildman–Crippen LogP) is 7.89. The van der Waals surface area contributed by atoms with Crippen molar-refractivity contribution < 1.29 is 23.1 Å². The average molecular weight is 541 g/mol. The predicted molar refractivity (Wildman–Crippen MR) is 150 cm³/mol. The van der Waals surface area contributed by atoms with Crippen LogP contribution in [0.4, 0.5) is 13.2 Å². The van der Waals surface area contributed by atoms with Crippen molar-refractivity contribution in [1.82, 2.24) is 10.3 Å². The number of fused-ring (bicyclic) bond motifs is 1. The second-order valence-electron chi connectivity index (χ2n) is 9.78. The molecule has 0 radical (unpaired) electrons. The highest BCUT2D eigenvalue weighted by molar-refractivity contribution is 5.96. The van der Waals surface area contributed by atoms with Gasteiger partial charge in [0.15, 0.2) is 0 Å². The monoisotopic (exact) mass is 540 g/mol. The maximum atomic E-state index is 13.1. The number of pyridine rings is 1. The number of rotatable bonds is 7. The highest BCUT2D eigenvalue weighted by Crippen LogP contribution is 2.34. The Balaban J connectivity index is 1.32. The highest BCUT2D eigenvalue weighted by atomic mass is 19.4. The molecular weight excluding hydrogens is 513 g/mol. The first kappa shape index (κ1) is 26.9. The number of alkyl halides is 3. The number of phenols is 1. The Kier molecular flexibility index (Phi) is 7.56. The zero-order chi connectivity index (χ0) is 28.3. The van der Waals surface area contributed by atoms with Crippen molar-refractivity contribution in [2.45, 2.75) is 25.4 Å². The van der Waals surface area contributed by atoms with E-state index in [0.29, 0.717) is 24.0 Å². The maximum absolute atomic E-state index is 13.1. The number of benzene rings is 4. The van der Waals surface area contributed by atoms with E-state index in [2.05, 4.69) is 10.3 Å². The summed E-state index contributed by atoms with van der Waals surface area (Å²) >= 11 is 0. The normalized spacial score (nSPS) is 12.3. The Morgan fingerprint density at radius 1 is 0.875 bits per heavy atom. The number of aryl methyl sites for hydroxylation is 1. The first-order valence-electron chi connectivity index (χ1n) is 12.9. The van der Waals surface area contributed by atoms with Crippen LogP contribution in [0.25, 0.3) is 22.0 Å². The summed E-state index contributed by atoms with van der Waals surface area (Å²) in [5.41, 5.74) is 4.61. The van der Waals surface area contributed by atoms with Crippen molar-refractivity contribution in [3.63, 3.8) is 0 Å². The van der Waals surface area contributed by atoms with Crippen molar-refractivity contribution in [2.75, 3.05) is 6.54 Å². The van der Waals surface area contributed by atoms with E-state index in [9.17, 15) is 23.1 Å². The van der Waals surface area contributed by atoms with Crippen LogP contribution >= 0.6 is 0 Å². The molecule has 0 aliphatic heterocycles. The van der Waals surface area contributed by atoms with Gasteiger partial charge in [-0.05, 0) is 78.1 Å². The van der Waals surface area contributed by atoms with Gasteiger partial charge in [-0.15, -0.1) is 0 Å². The van der Waals surface area contributed by atoms with Gasteiger partial charge in [0.25, 0.3) is 5.91 Å². The van der Waals surface area contributed by atoms with Crippen molar-refractivity contribution in [1.29, 1.82) is 0 Å². The second-order valence-corrected chi connectivity index (χ2v) is 9.78. The Bertz CT molecular complexity index is 1650. The third kappa shape index (κ3) is 5.99. The molecule has 0 saturated heterocycles. The summed E-state index contributed by atoms with van der Waals surface area (Å²) in [5, 5.41) is 14.2. The van der Waals surface area contributed by atoms with E-state index in [4.69, 9.17) is 0 Å². The van der Waals surface area contributed by atoms with E-state index in [1.54, 1.807) is 36.5 Å². The van der Waals surface area contributed by atoms with Gasteiger partial charge in [0.1, 0.15) is 11.3 Å². The number of aromatic nitrogens is 1. The lowest BCUT2D eigenvalue weighted by molar-refractivity contribution is -0.137. The first-order chi connectivity index (χ1) is 19.2. The largest absolute Gasteiger partial charge is 0.506 e. The molecule has 40 heavy (non-hydrogen) atoms. The SMILES string of the molecule is Cc1ccc(C(CCNC(=O)c2cccc(-c3cc(O)c4ncccc4c3)c2)c2ccc(C(F)(F)F)cc2)cc1. The maximum Gasteiger partial charge on any atom is 0.416 e. The van der Waals surface area contributed by atoms with Crippen LogP contribution in [0.2, 0.25) is 0 Å². The van der Waals surface area contributed by atoms with Crippen LogP contribution in [0, 0.1) is 6.92 Å². The molecule has 202 valence electrons. The third-order valence-electron chi connectivity index (χ3n) is 6.98. The van der Waals surface area contributed by atoms with E-state index in [-0.39, 0.29) is 17.6 Å². The molecule has 0 saturated carbocycles. The van der Waals surface area contributed by atoms with Gasteiger partial charge >= 0.3 is 6.18 Å². The minimum absolute atomic E-state index is 0.0633. The molecule has 7 heteroatoms. The highest BCUT2D eigenvalue weighted by Gasteiger charge is 2.30. The second kappa shape index (κ2) is 11.2. The summed E-state index contributed by atoms with van der Waals surface area (Å²) in [4.78, 5) is 17.3. The molecular formula is C33H27F3N2O2. The van der Waals surface area contributed by atoms with Crippen LogP contribution < -0.4 is 5.32 Å². The molecule has 0 aliphatic carbocycles. The fraction of sp³-hybridized carbons (Fsp3) is 0.152. The number of halogens is 3. The molecule has 1 amide bonds. The Morgan fingerprint density at radius 2 is 1.57 bits per heavy atom. The van der Waals surface area contributed by atoms with Crippen molar-refractivity contribution in [2.24, 2.45) is 0 Å². The van der Waals surface area contributed by atoms with Gasteiger partial charge in [0.2, 0.25) is 0 Å². The Morgan fingerprint density at radius 3 is 2.27 bits per heavy atom. The Labute approximate surface area is 230 Å². The summed E-state index contributed by atoms with van der Waals surface area (Å²) < 4.78 is 39.3. The fourth-order valence-electron chi connectivity index (χ4n) is 4.84. The minimum atomic E-state index is -4.40. The number of carbonyl (C=O) groups is 1. The summed E-state index contributed by atoms with van der Waals surface area (Å²) in [5.74, 6) is -0.388. The van der Waals surface area contributed by atoms with E-state index in [1.165, 1.54) is 12.1 Å². The summed E-state index contributed by atoms with van der Waals surface area (Å²) in [7, 11) is 0. The molecule has 5 rings (SSSR count). The quantitative estimate of drug-likeness (QED) is 0.221. The van der Waals surface area contributed by atoms with E-state index < -0.39 is 11.7 Å². The average Bonchev–Trinajstić information content (AvgIpc) is 2.95. The van der Waals surface area contributed by atoms with Crippen LogP contribution in [0.3, 0.4) is 0 Å². The number of amides is 1. The van der Waals surface area contributed by atoms with Crippen LogP contribution in [0.5, 0.6) is 5.75 Å². The number of nitrogens with one attached hydrogen (secondary N) is 1. The number of hydrogen-bond acceptors (Lipinski definition) is 3. The number of aromatic hydroxyl groups is 1. The van der Waals surface area contributed by atoms with Crippen molar-refractivity contribution >= 4 is 16.8 Å². The first-order valence-corrected chi connectivity index (χ1v) is 12.9. The molecule has 4 aromatic carbocycles. The smallest absolute Gasteiger partial charge is 0.416 e. The summed E-state index contributed by atoms with van der Waals surface area (Å²) in [6.07, 6.45) is -2.28. The molecule has 2 N–H and O–H groups in total.